The van der Waals surface area contributed by atoms with E-state index in [9.17, 15) is 9.59 Å². The number of carbonyl (C=O) groups is 1. The van der Waals surface area contributed by atoms with Crippen LogP contribution in [-0.4, -0.2) is 69.8 Å². The summed E-state index contributed by atoms with van der Waals surface area (Å²) < 4.78 is 0. The zero-order chi connectivity index (χ0) is 22.5. The van der Waals surface area contributed by atoms with E-state index >= 15 is 0 Å². The predicted molar refractivity (Wildman–Crippen MR) is 126 cm³/mol. The molecule has 168 valence electrons. The molecule has 1 saturated heterocycles. The molecule has 1 fully saturated rings. The number of hydrogen-bond donors (Lipinski definition) is 1. The second-order valence-electron chi connectivity index (χ2n) is 8.42. The standard InChI is InChI=1S/C25H31N5O2/c1-3-28(17-23-26-22-11-7-6-10-21(22)25(32)27-23)18-24(31)30-14-12-29(13-15-30)16-20-9-5-4-8-19(20)2/h4-11H,3,12-18H2,1-2H3,(H,26,27,32). The number of nitrogens with zero attached hydrogens (tertiary/aromatic N) is 4. The highest BCUT2D eigenvalue weighted by molar-refractivity contribution is 5.78. The van der Waals surface area contributed by atoms with Crippen molar-refractivity contribution < 1.29 is 4.79 Å². The molecular weight excluding hydrogens is 402 g/mol. The maximum absolute atomic E-state index is 12.9. The van der Waals surface area contributed by atoms with E-state index in [0.717, 1.165) is 32.7 Å². The van der Waals surface area contributed by atoms with E-state index < -0.39 is 0 Å². The largest absolute Gasteiger partial charge is 0.339 e. The Kier molecular flexibility index (Phi) is 6.97. The van der Waals surface area contributed by atoms with Crippen LogP contribution in [0.25, 0.3) is 10.9 Å². The molecule has 0 spiro atoms. The van der Waals surface area contributed by atoms with Gasteiger partial charge in [0.1, 0.15) is 5.82 Å². The minimum Gasteiger partial charge on any atom is -0.339 e. The molecule has 32 heavy (non-hydrogen) atoms. The third kappa shape index (κ3) is 5.23. The number of aryl methyl sites for hydroxylation is 1. The number of piperazine rings is 1. The van der Waals surface area contributed by atoms with Gasteiger partial charge >= 0.3 is 0 Å². The molecule has 1 aliphatic heterocycles. The van der Waals surface area contributed by atoms with Crippen LogP contribution in [0, 0.1) is 6.92 Å². The normalized spacial score (nSPS) is 14.9. The van der Waals surface area contributed by atoms with Gasteiger partial charge in [0.05, 0.1) is 24.0 Å². The predicted octanol–water partition coefficient (Wildman–Crippen LogP) is 2.40. The Balaban J connectivity index is 1.32. The van der Waals surface area contributed by atoms with Gasteiger partial charge in [0.15, 0.2) is 0 Å². The average Bonchev–Trinajstić information content (AvgIpc) is 2.80. The summed E-state index contributed by atoms with van der Waals surface area (Å²) in [6, 6.07) is 15.8. The Labute approximate surface area is 188 Å². The lowest BCUT2D eigenvalue weighted by Gasteiger charge is -2.36. The Morgan fingerprint density at radius 3 is 2.53 bits per heavy atom. The maximum atomic E-state index is 12.9. The third-order valence-electron chi connectivity index (χ3n) is 6.22. The van der Waals surface area contributed by atoms with Crippen LogP contribution in [0.5, 0.6) is 0 Å². The summed E-state index contributed by atoms with van der Waals surface area (Å²) in [5, 5.41) is 0.582. The second-order valence-corrected chi connectivity index (χ2v) is 8.42. The maximum Gasteiger partial charge on any atom is 0.258 e. The summed E-state index contributed by atoms with van der Waals surface area (Å²) in [5.74, 6) is 0.719. The first-order valence-electron chi connectivity index (χ1n) is 11.3. The molecule has 1 amide bonds. The van der Waals surface area contributed by atoms with Crippen molar-refractivity contribution in [1.29, 1.82) is 0 Å². The Morgan fingerprint density at radius 1 is 1.06 bits per heavy atom. The van der Waals surface area contributed by atoms with Crippen molar-refractivity contribution in [2.75, 3.05) is 39.3 Å². The average molecular weight is 434 g/mol. The second kappa shape index (κ2) is 10.1. The van der Waals surface area contributed by atoms with Crippen LogP contribution in [0.15, 0.2) is 53.3 Å². The number of para-hydroxylation sites is 1. The summed E-state index contributed by atoms with van der Waals surface area (Å²) in [7, 11) is 0. The van der Waals surface area contributed by atoms with Gasteiger partial charge in [-0.05, 0) is 36.7 Å². The Hall–Kier alpha value is -3.03. The van der Waals surface area contributed by atoms with Crippen LogP contribution < -0.4 is 5.56 Å². The van der Waals surface area contributed by atoms with Crippen molar-refractivity contribution in [3.8, 4) is 0 Å². The van der Waals surface area contributed by atoms with Crippen molar-refractivity contribution in [2.24, 2.45) is 0 Å². The lowest BCUT2D eigenvalue weighted by atomic mass is 10.1. The van der Waals surface area contributed by atoms with Crippen LogP contribution in [0.1, 0.15) is 23.9 Å². The van der Waals surface area contributed by atoms with Gasteiger partial charge in [-0.25, -0.2) is 4.98 Å². The number of rotatable bonds is 7. The lowest BCUT2D eigenvalue weighted by molar-refractivity contribution is -0.134. The Bertz CT molecular complexity index is 1130. The van der Waals surface area contributed by atoms with Crippen molar-refractivity contribution >= 4 is 16.8 Å². The van der Waals surface area contributed by atoms with Gasteiger partial charge in [0, 0.05) is 32.7 Å². The number of H-pyrrole nitrogens is 1. The number of likely N-dealkylation sites (N-methyl/N-ethyl adjacent to an activating group) is 1. The van der Waals surface area contributed by atoms with Gasteiger partial charge in [0.25, 0.3) is 5.56 Å². The molecule has 4 rings (SSSR count). The number of carbonyl (C=O) groups excluding carboxylic acids is 1. The van der Waals surface area contributed by atoms with Crippen molar-refractivity contribution in [1.82, 2.24) is 24.7 Å². The van der Waals surface area contributed by atoms with Crippen molar-refractivity contribution in [3.63, 3.8) is 0 Å². The minimum absolute atomic E-state index is 0.130. The van der Waals surface area contributed by atoms with Gasteiger partial charge < -0.3 is 9.88 Å². The highest BCUT2D eigenvalue weighted by atomic mass is 16.2. The monoisotopic (exact) mass is 433 g/mol. The molecule has 0 aliphatic carbocycles. The van der Waals surface area contributed by atoms with E-state index in [0.29, 0.717) is 36.4 Å². The summed E-state index contributed by atoms with van der Waals surface area (Å²) in [6.45, 7) is 9.81. The van der Waals surface area contributed by atoms with Crippen LogP contribution in [0.2, 0.25) is 0 Å². The number of fused-ring (bicyclic) bond motifs is 1. The number of amides is 1. The van der Waals surface area contributed by atoms with E-state index in [2.05, 4.69) is 46.1 Å². The first-order chi connectivity index (χ1) is 15.5. The fourth-order valence-corrected chi connectivity index (χ4v) is 4.18. The molecule has 7 nitrogen and oxygen atoms in total. The number of hydrogen-bond acceptors (Lipinski definition) is 5. The third-order valence-corrected chi connectivity index (χ3v) is 6.22. The molecule has 7 heteroatoms. The number of aromatic amines is 1. The molecule has 0 radical (unpaired) electrons. The number of aromatic nitrogens is 2. The van der Waals surface area contributed by atoms with E-state index in [1.807, 2.05) is 34.9 Å². The number of nitrogens with one attached hydrogen (secondary N) is 1. The Morgan fingerprint density at radius 2 is 1.78 bits per heavy atom. The highest BCUT2D eigenvalue weighted by Gasteiger charge is 2.23. The summed E-state index contributed by atoms with van der Waals surface area (Å²) in [5.41, 5.74) is 3.20. The zero-order valence-electron chi connectivity index (χ0n) is 18.9. The molecular formula is C25H31N5O2. The summed E-state index contributed by atoms with van der Waals surface area (Å²) in [6.07, 6.45) is 0. The SMILES string of the molecule is CCN(CC(=O)N1CCN(Cc2ccccc2C)CC1)Cc1nc2ccccc2c(=O)[nH]1. The molecule has 1 aliphatic rings. The fourth-order valence-electron chi connectivity index (χ4n) is 4.18. The van der Waals surface area contributed by atoms with Crippen molar-refractivity contribution in [3.05, 3.63) is 75.8 Å². The van der Waals surface area contributed by atoms with Gasteiger partial charge in [-0.15, -0.1) is 0 Å². The van der Waals surface area contributed by atoms with Gasteiger partial charge in [-0.1, -0.05) is 43.3 Å². The van der Waals surface area contributed by atoms with E-state index in [-0.39, 0.29) is 11.5 Å². The van der Waals surface area contributed by atoms with Gasteiger partial charge in [-0.2, -0.15) is 0 Å². The van der Waals surface area contributed by atoms with E-state index in [1.54, 1.807) is 6.07 Å². The first kappa shape index (κ1) is 22.2. The molecule has 0 saturated carbocycles. The molecule has 0 bridgehead atoms. The van der Waals surface area contributed by atoms with Crippen molar-refractivity contribution in [2.45, 2.75) is 26.9 Å². The molecule has 1 aromatic heterocycles. The van der Waals surface area contributed by atoms with E-state index in [4.69, 9.17) is 0 Å². The topological polar surface area (TPSA) is 72.5 Å². The van der Waals surface area contributed by atoms with Crippen LogP contribution >= 0.6 is 0 Å². The molecule has 0 unspecified atom stereocenters. The van der Waals surface area contributed by atoms with Crippen LogP contribution in [0.3, 0.4) is 0 Å². The molecule has 2 aromatic carbocycles. The number of benzene rings is 2. The zero-order valence-corrected chi connectivity index (χ0v) is 18.9. The lowest BCUT2D eigenvalue weighted by Crippen LogP contribution is -2.50. The fraction of sp³-hybridized carbons (Fsp3) is 0.400. The van der Waals surface area contributed by atoms with E-state index in [1.165, 1.54) is 11.1 Å². The molecule has 0 atom stereocenters. The smallest absolute Gasteiger partial charge is 0.258 e. The first-order valence-corrected chi connectivity index (χ1v) is 11.3. The van der Waals surface area contributed by atoms with Gasteiger partial charge in [0.2, 0.25) is 5.91 Å². The molecule has 1 N–H and O–H groups in total. The minimum atomic E-state index is -0.141. The van der Waals surface area contributed by atoms with Crippen LogP contribution in [0.4, 0.5) is 0 Å². The van der Waals surface area contributed by atoms with Crippen LogP contribution in [-0.2, 0) is 17.9 Å². The highest BCUT2D eigenvalue weighted by Crippen LogP contribution is 2.13. The van der Waals surface area contributed by atoms with Gasteiger partial charge in [-0.3, -0.25) is 19.4 Å². The molecule has 3 aromatic rings. The summed E-state index contributed by atoms with van der Waals surface area (Å²) in [4.78, 5) is 39.1. The summed E-state index contributed by atoms with van der Waals surface area (Å²) >= 11 is 0. The quantitative estimate of drug-likeness (QED) is 0.620. The molecule has 2 heterocycles.